The second-order valence-corrected chi connectivity index (χ2v) is 7.14. The van der Waals surface area contributed by atoms with Gasteiger partial charge in [0.15, 0.2) is 0 Å². The first-order valence-electron chi connectivity index (χ1n) is 5.07. The first kappa shape index (κ1) is 9.82. The largest absolute Gasteiger partial charge is 0.141 e. The van der Waals surface area contributed by atoms with Gasteiger partial charge in [-0.3, -0.25) is 0 Å². The Hall–Kier alpha value is -0.380. The van der Waals surface area contributed by atoms with Gasteiger partial charge in [-0.2, -0.15) is 0 Å². The number of hydrogen-bond acceptors (Lipinski definition) is 3. The molecule has 0 amide bonds. The summed E-state index contributed by atoms with van der Waals surface area (Å²) in [4.78, 5) is 1.56. The van der Waals surface area contributed by atoms with Crippen LogP contribution in [0.5, 0.6) is 0 Å². The van der Waals surface area contributed by atoms with Crippen molar-refractivity contribution in [3.8, 4) is 0 Å². The number of hydrogen-bond donors (Lipinski definition) is 0. The molecular formula is C12H12S3. The van der Waals surface area contributed by atoms with Crippen molar-refractivity contribution in [1.82, 2.24) is 0 Å². The van der Waals surface area contributed by atoms with Crippen molar-refractivity contribution < 1.29 is 0 Å². The lowest BCUT2D eigenvalue weighted by atomic mass is 10.1. The Bertz CT molecular complexity index is 622. The third kappa shape index (κ3) is 1.30. The fraction of sp³-hybridized carbons (Fsp3) is 0.333. The summed E-state index contributed by atoms with van der Waals surface area (Å²) >= 11 is 5.83. The molecule has 0 spiro atoms. The van der Waals surface area contributed by atoms with Crippen LogP contribution >= 0.6 is 34.0 Å². The summed E-state index contributed by atoms with van der Waals surface area (Å²) in [5, 5.41) is 2.20. The molecule has 0 unspecified atom stereocenters. The summed E-state index contributed by atoms with van der Waals surface area (Å²) in [7, 11) is 0. The van der Waals surface area contributed by atoms with Crippen molar-refractivity contribution in [2.24, 2.45) is 0 Å². The molecule has 3 aromatic rings. The van der Waals surface area contributed by atoms with Crippen LogP contribution in [0.3, 0.4) is 0 Å². The van der Waals surface area contributed by atoms with Gasteiger partial charge in [-0.05, 0) is 29.9 Å². The molecule has 3 aromatic heterocycles. The number of thiophene rings is 3. The van der Waals surface area contributed by atoms with Crippen molar-refractivity contribution in [3.05, 3.63) is 21.9 Å². The minimum atomic E-state index is 0.657. The Morgan fingerprint density at radius 1 is 1.07 bits per heavy atom. The number of aryl methyl sites for hydroxylation is 1. The minimum absolute atomic E-state index is 0.657. The molecule has 3 rings (SSSR count). The van der Waals surface area contributed by atoms with Crippen LogP contribution in [0.4, 0.5) is 0 Å². The van der Waals surface area contributed by atoms with E-state index in [0.29, 0.717) is 5.92 Å². The molecule has 3 heteroatoms. The zero-order valence-electron chi connectivity index (χ0n) is 8.96. The molecule has 0 aromatic carbocycles. The van der Waals surface area contributed by atoms with Crippen molar-refractivity contribution in [2.45, 2.75) is 26.7 Å². The quantitative estimate of drug-likeness (QED) is 0.528. The van der Waals surface area contributed by atoms with Crippen molar-refractivity contribution in [3.63, 3.8) is 0 Å². The van der Waals surface area contributed by atoms with Gasteiger partial charge in [0.2, 0.25) is 0 Å². The maximum Gasteiger partial charge on any atom is 0.0635 e. The van der Waals surface area contributed by atoms with Gasteiger partial charge in [0, 0.05) is 9.58 Å². The molecule has 0 fully saturated rings. The van der Waals surface area contributed by atoms with E-state index in [0.717, 1.165) is 0 Å². The molecule has 78 valence electrons. The van der Waals surface area contributed by atoms with Crippen LogP contribution in [0.25, 0.3) is 18.8 Å². The Labute approximate surface area is 101 Å². The monoisotopic (exact) mass is 252 g/mol. The standard InChI is InChI=1S/C12H12S3/c1-6(2)9-7(3)10-12(15-9)11-8(14-10)4-5-13-11/h4-6H,1-3H3. The van der Waals surface area contributed by atoms with Gasteiger partial charge in [-0.1, -0.05) is 13.8 Å². The van der Waals surface area contributed by atoms with Gasteiger partial charge >= 0.3 is 0 Å². The molecule has 3 heterocycles. The van der Waals surface area contributed by atoms with Crippen molar-refractivity contribution in [1.29, 1.82) is 0 Å². The lowest BCUT2D eigenvalue weighted by Gasteiger charge is -2.01. The third-order valence-electron chi connectivity index (χ3n) is 2.70. The van der Waals surface area contributed by atoms with E-state index in [1.54, 1.807) is 4.88 Å². The lowest BCUT2D eigenvalue weighted by molar-refractivity contribution is 0.883. The maximum atomic E-state index is 2.29. The van der Waals surface area contributed by atoms with E-state index < -0.39 is 0 Å². The van der Waals surface area contributed by atoms with E-state index in [4.69, 9.17) is 0 Å². The molecule has 0 N–H and O–H groups in total. The summed E-state index contributed by atoms with van der Waals surface area (Å²) in [5.41, 5.74) is 1.51. The smallest absolute Gasteiger partial charge is 0.0635 e. The average molecular weight is 252 g/mol. The van der Waals surface area contributed by atoms with Crippen molar-refractivity contribution in [2.75, 3.05) is 0 Å². The van der Waals surface area contributed by atoms with Crippen LogP contribution in [-0.2, 0) is 0 Å². The fourth-order valence-electron chi connectivity index (χ4n) is 1.99. The van der Waals surface area contributed by atoms with Gasteiger partial charge in [0.1, 0.15) is 0 Å². The van der Waals surface area contributed by atoms with E-state index in [2.05, 4.69) is 32.2 Å². The molecule has 15 heavy (non-hydrogen) atoms. The highest BCUT2D eigenvalue weighted by molar-refractivity contribution is 7.38. The predicted molar refractivity (Wildman–Crippen MR) is 73.9 cm³/mol. The Balaban J connectivity index is 2.44. The second-order valence-electron chi connectivity index (χ2n) is 4.12. The minimum Gasteiger partial charge on any atom is -0.141 e. The zero-order valence-corrected chi connectivity index (χ0v) is 11.4. The third-order valence-corrected chi connectivity index (χ3v) is 6.90. The summed E-state index contributed by atoms with van der Waals surface area (Å²) in [5.74, 6) is 0.657. The molecule has 0 saturated carbocycles. The molecule has 0 aliphatic rings. The van der Waals surface area contributed by atoms with Gasteiger partial charge in [-0.25, -0.2) is 0 Å². The first-order chi connectivity index (χ1) is 7.18. The first-order valence-corrected chi connectivity index (χ1v) is 7.58. The van der Waals surface area contributed by atoms with Crippen LogP contribution in [0.1, 0.15) is 30.2 Å². The van der Waals surface area contributed by atoms with Crippen LogP contribution in [0, 0.1) is 6.92 Å². The van der Waals surface area contributed by atoms with Gasteiger partial charge in [-0.15, -0.1) is 34.0 Å². The van der Waals surface area contributed by atoms with Gasteiger partial charge in [0.05, 0.1) is 14.1 Å². The molecule has 0 atom stereocenters. The maximum absolute atomic E-state index is 2.29. The topological polar surface area (TPSA) is 0 Å². The van der Waals surface area contributed by atoms with Crippen LogP contribution in [0.15, 0.2) is 11.4 Å². The van der Waals surface area contributed by atoms with Gasteiger partial charge in [0.25, 0.3) is 0 Å². The summed E-state index contributed by atoms with van der Waals surface area (Å²) in [6.45, 7) is 6.84. The van der Waals surface area contributed by atoms with Crippen LogP contribution in [-0.4, -0.2) is 0 Å². The average Bonchev–Trinajstić information content (AvgIpc) is 2.77. The molecule has 0 aliphatic heterocycles. The summed E-state index contributed by atoms with van der Waals surface area (Å²) in [6.07, 6.45) is 0. The lowest BCUT2D eigenvalue weighted by Crippen LogP contribution is -1.83. The Morgan fingerprint density at radius 2 is 1.87 bits per heavy atom. The zero-order chi connectivity index (χ0) is 10.6. The van der Waals surface area contributed by atoms with Crippen LogP contribution < -0.4 is 0 Å². The summed E-state index contributed by atoms with van der Waals surface area (Å²) < 4.78 is 5.99. The van der Waals surface area contributed by atoms with E-state index in [9.17, 15) is 0 Å². The Kier molecular flexibility index (Phi) is 2.16. The highest BCUT2D eigenvalue weighted by Gasteiger charge is 2.16. The van der Waals surface area contributed by atoms with E-state index in [-0.39, 0.29) is 0 Å². The van der Waals surface area contributed by atoms with E-state index in [1.807, 2.05) is 34.0 Å². The predicted octanol–water partition coefficient (Wildman–Crippen LogP) is 5.61. The molecule has 0 nitrogen and oxygen atoms in total. The Morgan fingerprint density at radius 3 is 2.60 bits per heavy atom. The fourth-order valence-corrected chi connectivity index (χ4v) is 5.96. The van der Waals surface area contributed by atoms with Crippen molar-refractivity contribution >= 4 is 52.8 Å². The van der Waals surface area contributed by atoms with Crippen LogP contribution in [0.2, 0.25) is 0 Å². The highest BCUT2D eigenvalue weighted by Crippen LogP contribution is 2.46. The second kappa shape index (κ2) is 3.30. The normalized spacial score (nSPS) is 12.3. The highest BCUT2D eigenvalue weighted by atomic mass is 32.1. The molecule has 0 radical (unpaired) electrons. The van der Waals surface area contributed by atoms with E-state index >= 15 is 0 Å². The number of rotatable bonds is 1. The number of fused-ring (bicyclic) bond motifs is 3. The molecule has 0 aliphatic carbocycles. The SMILES string of the molecule is Cc1c(C(C)C)sc2c1sc1ccsc12. The molecule has 0 saturated heterocycles. The summed E-state index contributed by atoms with van der Waals surface area (Å²) in [6, 6.07) is 2.24. The van der Waals surface area contributed by atoms with E-state index in [1.165, 1.54) is 24.4 Å². The van der Waals surface area contributed by atoms with Gasteiger partial charge < -0.3 is 0 Å². The molecular weight excluding hydrogens is 240 g/mol. The molecule has 0 bridgehead atoms.